The molecule has 0 aliphatic heterocycles. The van der Waals surface area contributed by atoms with Gasteiger partial charge < -0.3 is 9.84 Å². The van der Waals surface area contributed by atoms with Crippen LogP contribution in [0, 0.1) is 6.92 Å². The lowest BCUT2D eigenvalue weighted by atomic mass is 10.3. The van der Waals surface area contributed by atoms with Gasteiger partial charge in [-0.3, -0.25) is 0 Å². The highest BCUT2D eigenvalue weighted by Crippen LogP contribution is 2.29. The van der Waals surface area contributed by atoms with E-state index in [9.17, 15) is 18.3 Å². The minimum absolute atomic E-state index is 0.0116. The second-order valence-electron chi connectivity index (χ2n) is 4.53. The molecule has 1 N–H and O–H groups in total. The van der Waals surface area contributed by atoms with Crippen molar-refractivity contribution in [2.75, 3.05) is 20.7 Å². The third kappa shape index (κ3) is 3.57. The first kappa shape index (κ1) is 17.1. The van der Waals surface area contributed by atoms with Crippen LogP contribution in [0.1, 0.15) is 28.6 Å². The van der Waals surface area contributed by atoms with E-state index in [-0.39, 0.29) is 16.3 Å². The zero-order valence-corrected chi connectivity index (χ0v) is 13.5. The summed E-state index contributed by atoms with van der Waals surface area (Å²) in [6, 6.07) is 0. The fraction of sp³-hybridized carbons (Fsp3) is 0.583. The quantitative estimate of drug-likeness (QED) is 0.797. The molecule has 0 bridgehead atoms. The van der Waals surface area contributed by atoms with Crippen molar-refractivity contribution in [3.63, 3.8) is 0 Å². The van der Waals surface area contributed by atoms with Gasteiger partial charge in [-0.25, -0.2) is 17.5 Å². The zero-order chi connectivity index (χ0) is 15.5. The summed E-state index contributed by atoms with van der Waals surface area (Å²) in [5.41, 5.74) is 0.513. The Balaban J connectivity index is 3.15. The highest BCUT2D eigenvalue weighted by atomic mass is 32.2. The summed E-state index contributed by atoms with van der Waals surface area (Å²) in [4.78, 5) is 11.7. The molecule has 0 spiro atoms. The number of aliphatic hydroxyl groups is 1. The number of thiophene rings is 1. The molecule has 1 unspecified atom stereocenters. The molecule has 8 heteroatoms. The van der Waals surface area contributed by atoms with Crippen LogP contribution < -0.4 is 0 Å². The van der Waals surface area contributed by atoms with Gasteiger partial charge in [-0.05, 0) is 31.2 Å². The first-order valence-corrected chi connectivity index (χ1v) is 8.34. The molecule has 0 saturated carbocycles. The van der Waals surface area contributed by atoms with Crippen molar-refractivity contribution in [2.45, 2.75) is 31.3 Å². The number of aliphatic hydroxyl groups excluding tert-OH is 1. The standard InChI is InChI=1S/C12H19NO5S2/c1-8-7-19-10(12(15)18-4)11(8)20(16,17)13(3)6-5-9(2)14/h7,9,14H,5-6H2,1-4H3. The maximum atomic E-state index is 12.5. The van der Waals surface area contributed by atoms with Crippen LogP contribution in [0.2, 0.25) is 0 Å². The number of rotatable bonds is 6. The number of sulfonamides is 1. The van der Waals surface area contributed by atoms with E-state index in [0.29, 0.717) is 12.0 Å². The summed E-state index contributed by atoms with van der Waals surface area (Å²) in [6.07, 6.45) is -0.261. The summed E-state index contributed by atoms with van der Waals surface area (Å²) in [5, 5.41) is 10.9. The van der Waals surface area contributed by atoms with Gasteiger partial charge in [0.2, 0.25) is 10.0 Å². The van der Waals surface area contributed by atoms with Gasteiger partial charge in [0, 0.05) is 13.6 Å². The van der Waals surface area contributed by atoms with E-state index in [1.165, 1.54) is 14.2 Å². The predicted molar refractivity (Wildman–Crippen MR) is 76.5 cm³/mol. The van der Waals surface area contributed by atoms with Crippen LogP contribution in [0.25, 0.3) is 0 Å². The lowest BCUT2D eigenvalue weighted by Crippen LogP contribution is -2.30. The lowest BCUT2D eigenvalue weighted by molar-refractivity contribution is 0.0602. The highest BCUT2D eigenvalue weighted by Gasteiger charge is 2.30. The number of hydrogen-bond acceptors (Lipinski definition) is 6. The van der Waals surface area contributed by atoms with Crippen molar-refractivity contribution < 1.29 is 23.1 Å². The van der Waals surface area contributed by atoms with Crippen molar-refractivity contribution in [1.82, 2.24) is 4.31 Å². The van der Waals surface area contributed by atoms with Crippen molar-refractivity contribution >= 4 is 27.3 Å². The third-order valence-corrected chi connectivity index (χ3v) is 6.07. The Morgan fingerprint density at radius 3 is 2.65 bits per heavy atom. The maximum absolute atomic E-state index is 12.5. The first-order chi connectivity index (χ1) is 9.21. The molecule has 0 saturated heterocycles. The molecule has 1 heterocycles. The van der Waals surface area contributed by atoms with E-state index in [1.54, 1.807) is 19.2 Å². The number of esters is 1. The minimum atomic E-state index is -3.78. The number of nitrogens with zero attached hydrogens (tertiary/aromatic N) is 1. The molecule has 0 fully saturated rings. The average Bonchev–Trinajstić information content (AvgIpc) is 2.77. The number of hydrogen-bond donors (Lipinski definition) is 1. The van der Waals surface area contributed by atoms with Gasteiger partial charge in [0.15, 0.2) is 0 Å². The Bertz CT molecular complexity index is 577. The highest BCUT2D eigenvalue weighted by molar-refractivity contribution is 7.89. The number of aryl methyl sites for hydroxylation is 1. The molecule has 0 amide bonds. The van der Waals surface area contributed by atoms with Crippen molar-refractivity contribution in [3.05, 3.63) is 15.8 Å². The first-order valence-electron chi connectivity index (χ1n) is 6.02. The van der Waals surface area contributed by atoms with Crippen LogP contribution in [-0.2, 0) is 14.8 Å². The zero-order valence-electron chi connectivity index (χ0n) is 11.9. The van der Waals surface area contributed by atoms with E-state index in [2.05, 4.69) is 4.74 Å². The molecule has 6 nitrogen and oxygen atoms in total. The third-order valence-electron chi connectivity index (χ3n) is 2.82. The smallest absolute Gasteiger partial charge is 0.349 e. The van der Waals surface area contributed by atoms with Crippen molar-refractivity contribution in [1.29, 1.82) is 0 Å². The molecule has 1 atom stereocenters. The van der Waals surface area contributed by atoms with E-state index in [0.717, 1.165) is 15.6 Å². The summed E-state index contributed by atoms with van der Waals surface area (Å²) in [6.45, 7) is 3.41. The summed E-state index contributed by atoms with van der Waals surface area (Å²) >= 11 is 1.05. The second kappa shape index (κ2) is 6.66. The van der Waals surface area contributed by atoms with Gasteiger partial charge in [0.1, 0.15) is 9.77 Å². The Kier molecular flexibility index (Phi) is 5.69. The number of ether oxygens (including phenoxy) is 1. The Morgan fingerprint density at radius 1 is 1.55 bits per heavy atom. The largest absolute Gasteiger partial charge is 0.465 e. The molecule has 0 aromatic carbocycles. The van der Waals surface area contributed by atoms with Crippen LogP contribution in [0.5, 0.6) is 0 Å². The molecule has 0 radical (unpaired) electrons. The van der Waals surface area contributed by atoms with E-state index in [1.807, 2.05) is 0 Å². The molecule has 0 aliphatic carbocycles. The second-order valence-corrected chi connectivity index (χ2v) is 7.39. The Morgan fingerprint density at radius 2 is 2.15 bits per heavy atom. The Hall–Kier alpha value is -0.960. The molecule has 0 aliphatic rings. The molecule has 1 aromatic heterocycles. The fourth-order valence-corrected chi connectivity index (χ4v) is 4.47. The molecule has 114 valence electrons. The van der Waals surface area contributed by atoms with E-state index in [4.69, 9.17) is 0 Å². The topological polar surface area (TPSA) is 83.9 Å². The van der Waals surface area contributed by atoms with E-state index < -0.39 is 22.1 Å². The van der Waals surface area contributed by atoms with Gasteiger partial charge in [-0.2, -0.15) is 0 Å². The maximum Gasteiger partial charge on any atom is 0.349 e. The summed E-state index contributed by atoms with van der Waals surface area (Å²) < 4.78 is 30.8. The van der Waals surface area contributed by atoms with Gasteiger partial charge in [-0.15, -0.1) is 11.3 Å². The van der Waals surface area contributed by atoms with Gasteiger partial charge in [-0.1, -0.05) is 0 Å². The molecule has 20 heavy (non-hydrogen) atoms. The van der Waals surface area contributed by atoms with Crippen molar-refractivity contribution in [3.8, 4) is 0 Å². The number of carbonyl (C=O) groups excluding carboxylic acids is 1. The van der Waals surface area contributed by atoms with Crippen molar-refractivity contribution in [2.24, 2.45) is 0 Å². The normalized spacial score (nSPS) is 13.5. The minimum Gasteiger partial charge on any atom is -0.465 e. The number of methoxy groups -OCH3 is 1. The molecular formula is C12H19NO5S2. The predicted octanol–water partition coefficient (Wildman–Crippen LogP) is 1.23. The monoisotopic (exact) mass is 321 g/mol. The van der Waals surface area contributed by atoms with E-state index >= 15 is 0 Å². The van der Waals surface area contributed by atoms with Gasteiger partial charge >= 0.3 is 5.97 Å². The van der Waals surface area contributed by atoms with Crippen LogP contribution in [0.3, 0.4) is 0 Å². The summed E-state index contributed by atoms with van der Waals surface area (Å²) in [5.74, 6) is -0.661. The average molecular weight is 321 g/mol. The SMILES string of the molecule is COC(=O)c1scc(C)c1S(=O)(=O)N(C)CCC(C)O. The van der Waals surface area contributed by atoms with Crippen LogP contribution in [0.15, 0.2) is 10.3 Å². The molecular weight excluding hydrogens is 302 g/mol. The summed E-state index contributed by atoms with van der Waals surface area (Å²) in [7, 11) is -1.14. The Labute approximate surface area is 123 Å². The number of carbonyl (C=O) groups is 1. The molecule has 1 aromatic rings. The molecule has 1 rings (SSSR count). The van der Waals surface area contributed by atoms with Crippen LogP contribution in [0.4, 0.5) is 0 Å². The van der Waals surface area contributed by atoms with Gasteiger partial charge in [0.25, 0.3) is 0 Å². The van der Waals surface area contributed by atoms with Crippen LogP contribution in [-0.4, -0.2) is 50.6 Å². The fourth-order valence-electron chi connectivity index (χ4n) is 1.63. The van der Waals surface area contributed by atoms with Crippen LogP contribution >= 0.6 is 11.3 Å². The van der Waals surface area contributed by atoms with Gasteiger partial charge in [0.05, 0.1) is 13.2 Å². The lowest BCUT2D eigenvalue weighted by Gasteiger charge is -2.18.